The Bertz CT molecular complexity index is 1010. The Labute approximate surface area is 178 Å². The number of nitriles is 1. The molecule has 31 heavy (non-hydrogen) atoms. The molecule has 12 heteroatoms. The number of alkyl halides is 3. The number of amides is 2. The van der Waals surface area contributed by atoms with Gasteiger partial charge < -0.3 is 20.1 Å². The van der Waals surface area contributed by atoms with Crippen LogP contribution >= 0.6 is 11.6 Å². The Hall–Kier alpha value is -3.52. The van der Waals surface area contributed by atoms with Crippen molar-refractivity contribution in [3.05, 3.63) is 52.3 Å². The molecule has 0 aliphatic heterocycles. The predicted octanol–water partition coefficient (Wildman–Crippen LogP) is 4.85. The Kier molecular flexibility index (Phi) is 7.66. The molecule has 2 N–H and O–H groups in total. The molecule has 0 unspecified atom stereocenters. The van der Waals surface area contributed by atoms with Crippen LogP contribution < -0.4 is 15.4 Å². The van der Waals surface area contributed by atoms with Crippen molar-refractivity contribution in [2.45, 2.75) is 13.1 Å². The molecule has 0 aliphatic rings. The smallest absolute Gasteiger partial charge is 0.420 e. The topological polar surface area (TPSA) is 100 Å². The van der Waals surface area contributed by atoms with Gasteiger partial charge in [0.1, 0.15) is 35.5 Å². The second kappa shape index (κ2) is 9.99. The average Bonchev–Trinajstić information content (AvgIpc) is 2.65. The number of esters is 1. The zero-order valence-corrected chi connectivity index (χ0v) is 16.5. The highest BCUT2D eigenvalue weighted by Crippen LogP contribution is 2.39. The number of carbonyl (C=O) groups is 2. The largest absolute Gasteiger partial charge is 0.465 e. The molecule has 0 spiro atoms. The van der Waals surface area contributed by atoms with Gasteiger partial charge in [0.2, 0.25) is 0 Å². The number of anilines is 1. The van der Waals surface area contributed by atoms with Crippen LogP contribution in [0.3, 0.4) is 0 Å². The molecule has 0 saturated carbocycles. The van der Waals surface area contributed by atoms with E-state index in [2.05, 4.69) is 15.4 Å². The summed E-state index contributed by atoms with van der Waals surface area (Å²) in [5.41, 5.74) is -1.63. The van der Waals surface area contributed by atoms with Crippen LogP contribution in [0.25, 0.3) is 0 Å². The second-order valence-corrected chi connectivity index (χ2v) is 6.20. The zero-order valence-electron chi connectivity index (χ0n) is 15.8. The van der Waals surface area contributed by atoms with Gasteiger partial charge in [0, 0.05) is 18.2 Å². The molecule has 0 fully saturated rings. The fourth-order valence-electron chi connectivity index (χ4n) is 2.33. The molecule has 0 saturated heterocycles. The monoisotopic (exact) mass is 459 g/mol. The summed E-state index contributed by atoms with van der Waals surface area (Å²) >= 11 is 5.53. The van der Waals surface area contributed by atoms with Gasteiger partial charge in [-0.3, -0.25) is 4.79 Å². The molecule has 7 nitrogen and oxygen atoms in total. The van der Waals surface area contributed by atoms with Gasteiger partial charge >= 0.3 is 18.2 Å². The van der Waals surface area contributed by atoms with E-state index in [1.165, 1.54) is 18.2 Å². The lowest BCUT2D eigenvalue weighted by molar-refractivity contribution is -0.142. The van der Waals surface area contributed by atoms with Crippen LogP contribution in [-0.4, -0.2) is 25.2 Å². The van der Waals surface area contributed by atoms with Crippen molar-refractivity contribution in [1.29, 1.82) is 5.26 Å². The number of nitrogens with zero attached hydrogens (tertiary/aromatic N) is 1. The fraction of sp³-hybridized carbons (Fsp3) is 0.211. The normalized spacial score (nSPS) is 10.7. The molecule has 2 rings (SSSR count). The average molecular weight is 460 g/mol. The van der Waals surface area contributed by atoms with Crippen LogP contribution in [0, 0.1) is 17.1 Å². The minimum absolute atomic E-state index is 0.0234. The molecule has 0 aliphatic carbocycles. The van der Waals surface area contributed by atoms with Gasteiger partial charge in [-0.05, 0) is 19.1 Å². The number of carbonyl (C=O) groups excluding carboxylic acids is 2. The Morgan fingerprint density at radius 2 is 1.90 bits per heavy atom. The van der Waals surface area contributed by atoms with Crippen molar-refractivity contribution in [3.8, 4) is 17.6 Å². The van der Waals surface area contributed by atoms with Gasteiger partial charge in [0.15, 0.2) is 0 Å². The van der Waals surface area contributed by atoms with E-state index in [-0.39, 0.29) is 29.4 Å². The molecule has 2 aromatic carbocycles. The van der Waals surface area contributed by atoms with Crippen molar-refractivity contribution in [1.82, 2.24) is 5.32 Å². The first-order chi connectivity index (χ1) is 14.5. The molecule has 0 atom stereocenters. The van der Waals surface area contributed by atoms with Crippen molar-refractivity contribution in [2.24, 2.45) is 0 Å². The summed E-state index contributed by atoms with van der Waals surface area (Å²) in [5.74, 6) is -2.66. The van der Waals surface area contributed by atoms with Crippen molar-refractivity contribution in [2.75, 3.05) is 18.5 Å². The second-order valence-electron chi connectivity index (χ2n) is 5.79. The molecule has 0 bridgehead atoms. The number of nitrogens with one attached hydrogen (secondary N) is 2. The number of ether oxygens (including phenoxy) is 2. The molecule has 0 aromatic heterocycles. The van der Waals surface area contributed by atoms with Crippen molar-refractivity contribution < 1.29 is 36.6 Å². The van der Waals surface area contributed by atoms with E-state index < -0.39 is 41.1 Å². The van der Waals surface area contributed by atoms with Gasteiger partial charge in [0.25, 0.3) is 0 Å². The van der Waals surface area contributed by atoms with E-state index in [9.17, 15) is 27.2 Å². The first kappa shape index (κ1) is 23.8. The predicted molar refractivity (Wildman–Crippen MR) is 101 cm³/mol. The first-order valence-corrected chi connectivity index (χ1v) is 8.91. The minimum atomic E-state index is -4.98. The quantitative estimate of drug-likeness (QED) is 0.475. The van der Waals surface area contributed by atoms with Crippen LogP contribution in [0.2, 0.25) is 5.02 Å². The number of rotatable bonds is 6. The van der Waals surface area contributed by atoms with Gasteiger partial charge in [-0.1, -0.05) is 11.6 Å². The summed E-state index contributed by atoms with van der Waals surface area (Å²) in [5, 5.41) is 12.8. The maximum absolute atomic E-state index is 13.9. The fourth-order valence-corrected chi connectivity index (χ4v) is 2.64. The third-order valence-corrected chi connectivity index (χ3v) is 3.89. The first-order valence-electron chi connectivity index (χ1n) is 8.53. The van der Waals surface area contributed by atoms with E-state index in [0.29, 0.717) is 6.07 Å². The highest BCUT2D eigenvalue weighted by atomic mass is 35.5. The summed E-state index contributed by atoms with van der Waals surface area (Å²) < 4.78 is 62.3. The third-order valence-electron chi connectivity index (χ3n) is 3.59. The molecular formula is C19H14ClF4N3O4. The van der Waals surface area contributed by atoms with E-state index in [1.807, 2.05) is 6.07 Å². The lowest BCUT2D eigenvalue weighted by atomic mass is 10.1. The summed E-state index contributed by atoms with van der Waals surface area (Å²) in [4.78, 5) is 23.2. The summed E-state index contributed by atoms with van der Waals surface area (Å²) in [6.07, 6.45) is -4.98. The maximum Gasteiger partial charge on any atom is 0.420 e. The molecular weight excluding hydrogens is 446 g/mol. The van der Waals surface area contributed by atoms with Gasteiger partial charge in [0.05, 0.1) is 22.9 Å². The molecule has 2 amide bonds. The van der Waals surface area contributed by atoms with Crippen LogP contribution in [-0.2, 0) is 15.7 Å². The summed E-state index contributed by atoms with van der Waals surface area (Å²) in [6.45, 7) is 1.31. The lowest BCUT2D eigenvalue weighted by Crippen LogP contribution is -2.34. The molecule has 0 radical (unpaired) electrons. The molecule has 2 aromatic rings. The summed E-state index contributed by atoms with van der Waals surface area (Å²) in [7, 11) is 0. The van der Waals surface area contributed by atoms with Gasteiger partial charge in [-0.25, -0.2) is 9.18 Å². The van der Waals surface area contributed by atoms with Crippen LogP contribution in [0.5, 0.6) is 11.5 Å². The number of hydrogen-bond donors (Lipinski definition) is 2. The Morgan fingerprint density at radius 1 is 1.19 bits per heavy atom. The van der Waals surface area contributed by atoms with Gasteiger partial charge in [-0.2, -0.15) is 18.4 Å². The highest BCUT2D eigenvalue weighted by Gasteiger charge is 2.37. The number of benzene rings is 2. The van der Waals surface area contributed by atoms with Crippen molar-refractivity contribution in [3.63, 3.8) is 0 Å². The SMILES string of the molecule is CCOC(=O)CNC(=O)Nc1cc(Oc2cc(F)c(C(F)(F)F)c(Cl)c2)ccc1C#N. The number of hydrogen-bond acceptors (Lipinski definition) is 5. The van der Waals surface area contributed by atoms with Crippen LogP contribution in [0.1, 0.15) is 18.1 Å². The molecule has 0 heterocycles. The van der Waals surface area contributed by atoms with E-state index in [1.54, 1.807) is 6.92 Å². The minimum Gasteiger partial charge on any atom is -0.465 e. The standard InChI is InChI=1S/C19H14ClF4N3O4/c1-2-30-16(28)9-26-18(29)27-15-7-11(4-3-10(15)8-25)31-12-5-13(20)17(14(21)6-12)19(22,23)24/h3-7H,2,9H2,1H3,(H2,26,27,29). The summed E-state index contributed by atoms with van der Waals surface area (Å²) in [6, 6.07) is 6.01. The van der Waals surface area contributed by atoms with E-state index >= 15 is 0 Å². The van der Waals surface area contributed by atoms with E-state index in [4.69, 9.17) is 21.6 Å². The third kappa shape index (κ3) is 6.48. The van der Waals surface area contributed by atoms with Crippen LogP contribution in [0.15, 0.2) is 30.3 Å². The van der Waals surface area contributed by atoms with Gasteiger partial charge in [-0.15, -0.1) is 0 Å². The Morgan fingerprint density at radius 3 is 2.48 bits per heavy atom. The Balaban J connectivity index is 2.20. The lowest BCUT2D eigenvalue weighted by Gasteiger charge is -2.14. The zero-order chi connectivity index (χ0) is 23.2. The van der Waals surface area contributed by atoms with Crippen LogP contribution in [0.4, 0.5) is 28.0 Å². The van der Waals surface area contributed by atoms with E-state index in [0.717, 1.165) is 6.07 Å². The molecule has 164 valence electrons. The number of urea groups is 1. The highest BCUT2D eigenvalue weighted by molar-refractivity contribution is 6.31. The van der Waals surface area contributed by atoms with Crippen molar-refractivity contribution >= 4 is 29.3 Å². The maximum atomic E-state index is 13.9. The number of halogens is 5.